The highest BCUT2D eigenvalue weighted by molar-refractivity contribution is 5.95. The number of nitrogens with one attached hydrogen (secondary N) is 1. The van der Waals surface area contributed by atoms with Crippen LogP contribution in [0, 0.1) is 6.92 Å². The molecule has 1 N–H and O–H groups in total. The van der Waals surface area contributed by atoms with E-state index >= 15 is 0 Å². The maximum absolute atomic E-state index is 12.4. The fourth-order valence-electron chi connectivity index (χ4n) is 2.53. The van der Waals surface area contributed by atoms with E-state index in [0.29, 0.717) is 36.5 Å². The lowest BCUT2D eigenvalue weighted by Gasteiger charge is -2.10. The summed E-state index contributed by atoms with van der Waals surface area (Å²) in [4.78, 5) is 16.7. The van der Waals surface area contributed by atoms with Gasteiger partial charge in [-0.1, -0.05) is 11.3 Å². The molecular formula is C18H21N5O2. The third-order valence-electron chi connectivity index (χ3n) is 3.86. The zero-order valence-electron chi connectivity index (χ0n) is 14.4. The second-order valence-electron chi connectivity index (χ2n) is 5.66. The number of amides is 1. The van der Waals surface area contributed by atoms with Crippen LogP contribution >= 0.6 is 0 Å². The summed E-state index contributed by atoms with van der Waals surface area (Å²) in [7, 11) is 0. The molecule has 0 saturated heterocycles. The standard InChI is InChI=1S/C18H21N5O2/c1-3-25-11-5-10-20-18(24)14-8-7-13(2)16(12-14)23-17-15(21-22-23)6-4-9-19-17/h4,6-9,12H,3,5,10-11H2,1-2H3,(H,20,24). The number of pyridine rings is 1. The van der Waals surface area contributed by atoms with Crippen molar-refractivity contribution < 1.29 is 9.53 Å². The highest BCUT2D eigenvalue weighted by atomic mass is 16.5. The Morgan fingerprint density at radius 2 is 2.20 bits per heavy atom. The normalized spacial score (nSPS) is 11.0. The van der Waals surface area contributed by atoms with Gasteiger partial charge in [-0.2, -0.15) is 4.68 Å². The van der Waals surface area contributed by atoms with E-state index in [2.05, 4.69) is 20.6 Å². The van der Waals surface area contributed by atoms with Gasteiger partial charge in [-0.3, -0.25) is 4.79 Å². The van der Waals surface area contributed by atoms with Crippen LogP contribution in [0.3, 0.4) is 0 Å². The number of carbonyl (C=O) groups is 1. The molecule has 1 aromatic carbocycles. The summed E-state index contributed by atoms with van der Waals surface area (Å²) in [6.07, 6.45) is 2.49. The Hall–Kier alpha value is -2.80. The number of hydrogen-bond acceptors (Lipinski definition) is 5. The molecule has 25 heavy (non-hydrogen) atoms. The quantitative estimate of drug-likeness (QED) is 0.668. The molecule has 2 aromatic heterocycles. The third kappa shape index (κ3) is 3.83. The molecular weight excluding hydrogens is 318 g/mol. The van der Waals surface area contributed by atoms with Gasteiger partial charge in [0.15, 0.2) is 5.65 Å². The van der Waals surface area contributed by atoms with Crippen LogP contribution in [0.5, 0.6) is 0 Å². The van der Waals surface area contributed by atoms with Gasteiger partial charge in [-0.05, 0) is 50.1 Å². The maximum atomic E-state index is 12.4. The van der Waals surface area contributed by atoms with Crippen molar-refractivity contribution in [2.45, 2.75) is 20.3 Å². The van der Waals surface area contributed by atoms with Gasteiger partial charge >= 0.3 is 0 Å². The first-order valence-corrected chi connectivity index (χ1v) is 8.34. The smallest absolute Gasteiger partial charge is 0.251 e. The van der Waals surface area contributed by atoms with Gasteiger partial charge in [-0.25, -0.2) is 4.98 Å². The van der Waals surface area contributed by atoms with Crippen LogP contribution in [0.4, 0.5) is 0 Å². The van der Waals surface area contributed by atoms with Crippen LogP contribution in [0.25, 0.3) is 16.9 Å². The molecule has 0 radical (unpaired) electrons. The highest BCUT2D eigenvalue weighted by Crippen LogP contribution is 2.19. The molecule has 0 aliphatic heterocycles. The molecule has 7 heteroatoms. The summed E-state index contributed by atoms with van der Waals surface area (Å²) >= 11 is 0. The van der Waals surface area contributed by atoms with Crippen LogP contribution < -0.4 is 5.32 Å². The van der Waals surface area contributed by atoms with E-state index in [1.54, 1.807) is 10.9 Å². The van der Waals surface area contributed by atoms with Gasteiger partial charge in [0.1, 0.15) is 5.52 Å². The van der Waals surface area contributed by atoms with Gasteiger partial charge in [-0.15, -0.1) is 5.10 Å². The molecule has 2 heterocycles. The average Bonchev–Trinajstić information content (AvgIpc) is 3.06. The average molecular weight is 339 g/mol. The molecule has 3 rings (SSSR count). The minimum absolute atomic E-state index is 0.116. The summed E-state index contributed by atoms with van der Waals surface area (Å²) in [6.45, 7) is 5.84. The number of ether oxygens (including phenoxy) is 1. The SMILES string of the molecule is CCOCCCNC(=O)c1ccc(C)c(-n2nnc3cccnc32)c1. The van der Waals surface area contributed by atoms with Crippen LogP contribution in [-0.4, -0.2) is 45.6 Å². The van der Waals surface area contributed by atoms with Crippen molar-refractivity contribution in [3.63, 3.8) is 0 Å². The second-order valence-corrected chi connectivity index (χ2v) is 5.66. The van der Waals surface area contributed by atoms with Crippen LogP contribution in [0.2, 0.25) is 0 Å². The third-order valence-corrected chi connectivity index (χ3v) is 3.86. The number of benzene rings is 1. The molecule has 130 valence electrons. The number of hydrogen-bond donors (Lipinski definition) is 1. The number of aryl methyl sites for hydroxylation is 1. The molecule has 0 fully saturated rings. The van der Waals surface area contributed by atoms with E-state index < -0.39 is 0 Å². The number of fused-ring (bicyclic) bond motifs is 1. The van der Waals surface area contributed by atoms with Crippen molar-refractivity contribution >= 4 is 17.1 Å². The van der Waals surface area contributed by atoms with Crippen LogP contribution in [0.15, 0.2) is 36.5 Å². The Morgan fingerprint density at radius 1 is 1.32 bits per heavy atom. The first-order valence-electron chi connectivity index (χ1n) is 8.34. The van der Waals surface area contributed by atoms with Crippen LogP contribution in [0.1, 0.15) is 29.3 Å². The van der Waals surface area contributed by atoms with Crippen molar-refractivity contribution in [3.05, 3.63) is 47.7 Å². The fraction of sp³-hybridized carbons (Fsp3) is 0.333. The van der Waals surface area contributed by atoms with Gasteiger partial charge < -0.3 is 10.1 Å². The Kier molecular flexibility index (Phi) is 5.35. The lowest BCUT2D eigenvalue weighted by molar-refractivity contribution is 0.0944. The fourth-order valence-corrected chi connectivity index (χ4v) is 2.53. The topological polar surface area (TPSA) is 81.9 Å². The molecule has 0 spiro atoms. The summed E-state index contributed by atoms with van der Waals surface area (Å²) in [5, 5.41) is 11.2. The zero-order chi connectivity index (χ0) is 17.6. The van der Waals surface area contributed by atoms with Gasteiger partial charge in [0.05, 0.1) is 5.69 Å². The predicted molar refractivity (Wildman–Crippen MR) is 94.8 cm³/mol. The Bertz CT molecular complexity index is 875. The van der Waals surface area contributed by atoms with Gasteiger partial charge in [0, 0.05) is 31.5 Å². The Balaban J connectivity index is 1.80. The molecule has 0 atom stereocenters. The van der Waals surface area contributed by atoms with Crippen molar-refractivity contribution in [1.29, 1.82) is 0 Å². The Morgan fingerprint density at radius 3 is 3.04 bits per heavy atom. The van der Waals surface area contributed by atoms with Crippen molar-refractivity contribution in [3.8, 4) is 5.69 Å². The summed E-state index contributed by atoms with van der Waals surface area (Å²) < 4.78 is 6.93. The lowest BCUT2D eigenvalue weighted by atomic mass is 10.1. The molecule has 0 unspecified atom stereocenters. The molecule has 3 aromatic rings. The van der Waals surface area contributed by atoms with Gasteiger partial charge in [0.2, 0.25) is 0 Å². The monoisotopic (exact) mass is 339 g/mol. The lowest BCUT2D eigenvalue weighted by Crippen LogP contribution is -2.25. The van der Waals surface area contributed by atoms with Crippen LogP contribution in [-0.2, 0) is 4.74 Å². The second kappa shape index (κ2) is 7.85. The highest BCUT2D eigenvalue weighted by Gasteiger charge is 2.13. The van der Waals surface area contributed by atoms with Crippen molar-refractivity contribution in [2.75, 3.05) is 19.8 Å². The number of carbonyl (C=O) groups excluding carboxylic acids is 1. The van der Waals surface area contributed by atoms with E-state index in [1.807, 2.05) is 44.2 Å². The van der Waals surface area contributed by atoms with E-state index in [1.165, 1.54) is 0 Å². The molecule has 1 amide bonds. The zero-order valence-corrected chi connectivity index (χ0v) is 14.4. The molecule has 0 aliphatic carbocycles. The van der Waals surface area contributed by atoms with E-state index in [0.717, 1.165) is 17.7 Å². The Labute approximate surface area is 146 Å². The minimum Gasteiger partial charge on any atom is -0.382 e. The summed E-state index contributed by atoms with van der Waals surface area (Å²) in [5.74, 6) is -0.116. The molecule has 0 bridgehead atoms. The first kappa shape index (κ1) is 17.0. The first-order chi connectivity index (χ1) is 12.2. The molecule has 7 nitrogen and oxygen atoms in total. The summed E-state index contributed by atoms with van der Waals surface area (Å²) in [5.41, 5.74) is 3.75. The molecule has 0 aliphatic rings. The van der Waals surface area contributed by atoms with Crippen molar-refractivity contribution in [2.24, 2.45) is 0 Å². The maximum Gasteiger partial charge on any atom is 0.251 e. The van der Waals surface area contributed by atoms with E-state index in [4.69, 9.17) is 4.74 Å². The summed E-state index contributed by atoms with van der Waals surface area (Å²) in [6, 6.07) is 9.20. The molecule has 0 saturated carbocycles. The minimum atomic E-state index is -0.116. The number of nitrogens with zero attached hydrogens (tertiary/aromatic N) is 4. The van der Waals surface area contributed by atoms with Crippen molar-refractivity contribution in [1.82, 2.24) is 25.3 Å². The predicted octanol–water partition coefficient (Wildman–Crippen LogP) is 2.28. The van der Waals surface area contributed by atoms with E-state index in [9.17, 15) is 4.79 Å². The number of rotatable bonds is 7. The largest absolute Gasteiger partial charge is 0.382 e. The van der Waals surface area contributed by atoms with E-state index in [-0.39, 0.29) is 5.91 Å². The van der Waals surface area contributed by atoms with Gasteiger partial charge in [0.25, 0.3) is 5.91 Å². The number of aromatic nitrogens is 4.